The summed E-state index contributed by atoms with van der Waals surface area (Å²) in [6, 6.07) is 9.94. The topological polar surface area (TPSA) is 35.0 Å². The predicted octanol–water partition coefficient (Wildman–Crippen LogP) is 4.99. The highest BCUT2D eigenvalue weighted by atomic mass is 79.9. The van der Waals surface area contributed by atoms with Gasteiger partial charge in [-0.15, -0.1) is 0 Å². The molecule has 1 aromatic carbocycles. The van der Waals surface area contributed by atoms with Crippen molar-refractivity contribution in [3.8, 4) is 17.0 Å². The second-order valence-corrected chi connectivity index (χ2v) is 7.15. The van der Waals surface area contributed by atoms with Crippen LogP contribution in [0.15, 0.2) is 34.9 Å². The first kappa shape index (κ1) is 16.0. The summed E-state index contributed by atoms with van der Waals surface area (Å²) in [7, 11) is 0. The molecule has 0 aliphatic carbocycles. The summed E-state index contributed by atoms with van der Waals surface area (Å²) in [6.07, 6.45) is 0.177. The minimum absolute atomic E-state index is 0.0841. The van der Waals surface area contributed by atoms with E-state index in [2.05, 4.69) is 46.7 Å². The number of aromatic nitrogens is 2. The molecular weight excluding hydrogens is 328 g/mol. The molecule has 3 nitrogen and oxygen atoms in total. The van der Waals surface area contributed by atoms with Crippen LogP contribution in [0, 0.1) is 0 Å². The molecule has 0 atom stereocenters. The van der Waals surface area contributed by atoms with Gasteiger partial charge in [-0.2, -0.15) is 0 Å². The van der Waals surface area contributed by atoms with Gasteiger partial charge in [0.25, 0.3) is 0 Å². The van der Waals surface area contributed by atoms with Crippen LogP contribution in [0.2, 0.25) is 0 Å². The van der Waals surface area contributed by atoms with Crippen LogP contribution >= 0.6 is 15.9 Å². The standard InChI is InChI=1S/C17H21BrN2O/c1-11(2)21-13-8-6-12(7-9-13)14-10-15(18)20-16(19-14)17(3,4)5/h6-11H,1-5H3. The first-order valence-corrected chi connectivity index (χ1v) is 7.87. The molecule has 4 heteroatoms. The molecule has 0 spiro atoms. The van der Waals surface area contributed by atoms with Crippen LogP contribution in [0.4, 0.5) is 0 Å². The molecule has 21 heavy (non-hydrogen) atoms. The fourth-order valence-electron chi connectivity index (χ4n) is 1.88. The summed E-state index contributed by atoms with van der Waals surface area (Å²) in [5.41, 5.74) is 1.89. The molecule has 0 unspecified atom stereocenters. The van der Waals surface area contributed by atoms with Crippen LogP contribution in [0.25, 0.3) is 11.3 Å². The van der Waals surface area contributed by atoms with E-state index in [0.29, 0.717) is 0 Å². The van der Waals surface area contributed by atoms with Gasteiger partial charge in [0, 0.05) is 11.0 Å². The number of ether oxygens (including phenoxy) is 1. The van der Waals surface area contributed by atoms with Crippen molar-refractivity contribution < 1.29 is 4.74 Å². The number of rotatable bonds is 3. The van der Waals surface area contributed by atoms with Crippen molar-refractivity contribution in [3.05, 3.63) is 40.8 Å². The van der Waals surface area contributed by atoms with E-state index >= 15 is 0 Å². The van der Waals surface area contributed by atoms with Gasteiger partial charge in [0.1, 0.15) is 16.2 Å². The molecule has 0 bridgehead atoms. The molecule has 1 heterocycles. The summed E-state index contributed by atoms with van der Waals surface area (Å²) < 4.78 is 6.47. The highest BCUT2D eigenvalue weighted by molar-refractivity contribution is 9.10. The molecule has 0 saturated heterocycles. The highest BCUT2D eigenvalue weighted by Gasteiger charge is 2.19. The van der Waals surface area contributed by atoms with Crippen LogP contribution in [0.5, 0.6) is 5.75 Å². The lowest BCUT2D eigenvalue weighted by Crippen LogP contribution is -2.16. The second kappa shape index (κ2) is 6.14. The summed E-state index contributed by atoms with van der Waals surface area (Å²) in [5, 5.41) is 0. The third-order valence-electron chi connectivity index (χ3n) is 2.89. The van der Waals surface area contributed by atoms with E-state index in [9.17, 15) is 0 Å². The van der Waals surface area contributed by atoms with E-state index < -0.39 is 0 Å². The fraction of sp³-hybridized carbons (Fsp3) is 0.412. The predicted molar refractivity (Wildman–Crippen MR) is 89.6 cm³/mol. The van der Waals surface area contributed by atoms with E-state index in [1.807, 2.05) is 44.2 Å². The van der Waals surface area contributed by atoms with E-state index in [1.165, 1.54) is 0 Å². The third-order valence-corrected chi connectivity index (χ3v) is 3.29. The Bertz CT molecular complexity index is 616. The lowest BCUT2D eigenvalue weighted by molar-refractivity contribution is 0.242. The average molecular weight is 349 g/mol. The molecule has 1 aromatic heterocycles. The van der Waals surface area contributed by atoms with Crippen molar-refractivity contribution in [2.24, 2.45) is 0 Å². The maximum Gasteiger partial charge on any atom is 0.135 e. The third kappa shape index (κ3) is 4.27. The van der Waals surface area contributed by atoms with Gasteiger partial charge in [-0.25, -0.2) is 9.97 Å². The number of hydrogen-bond donors (Lipinski definition) is 0. The van der Waals surface area contributed by atoms with Gasteiger partial charge in [-0.05, 0) is 60.1 Å². The molecule has 112 valence electrons. The van der Waals surface area contributed by atoms with Crippen molar-refractivity contribution in [3.63, 3.8) is 0 Å². The molecular formula is C17H21BrN2O. The molecule has 2 rings (SSSR count). The van der Waals surface area contributed by atoms with Gasteiger partial charge in [0.15, 0.2) is 0 Å². The van der Waals surface area contributed by atoms with Crippen LogP contribution in [0.1, 0.15) is 40.4 Å². The SMILES string of the molecule is CC(C)Oc1ccc(-c2cc(Br)nc(C(C)(C)C)n2)cc1. The van der Waals surface area contributed by atoms with Crippen LogP contribution in [-0.2, 0) is 5.41 Å². The van der Waals surface area contributed by atoms with Gasteiger partial charge < -0.3 is 4.74 Å². The van der Waals surface area contributed by atoms with Crippen LogP contribution in [-0.4, -0.2) is 16.1 Å². The maximum absolute atomic E-state index is 5.66. The largest absolute Gasteiger partial charge is 0.491 e. The van der Waals surface area contributed by atoms with Crippen molar-refractivity contribution in [2.45, 2.75) is 46.1 Å². The summed E-state index contributed by atoms with van der Waals surface area (Å²) in [5.74, 6) is 1.70. The first-order valence-electron chi connectivity index (χ1n) is 7.08. The Morgan fingerprint density at radius 3 is 2.19 bits per heavy atom. The lowest BCUT2D eigenvalue weighted by Gasteiger charge is -2.17. The Hall–Kier alpha value is -1.42. The fourth-order valence-corrected chi connectivity index (χ4v) is 2.26. The lowest BCUT2D eigenvalue weighted by atomic mass is 9.95. The van der Waals surface area contributed by atoms with Crippen molar-refractivity contribution in [1.29, 1.82) is 0 Å². The molecule has 0 radical (unpaired) electrons. The molecule has 0 aliphatic rings. The Morgan fingerprint density at radius 1 is 1.05 bits per heavy atom. The van der Waals surface area contributed by atoms with E-state index in [4.69, 9.17) is 4.74 Å². The Balaban J connectivity index is 2.35. The van der Waals surface area contributed by atoms with Gasteiger partial charge in [-0.3, -0.25) is 0 Å². The minimum Gasteiger partial charge on any atom is -0.491 e. The highest BCUT2D eigenvalue weighted by Crippen LogP contribution is 2.27. The van der Waals surface area contributed by atoms with Gasteiger partial charge >= 0.3 is 0 Å². The number of halogens is 1. The number of nitrogens with zero attached hydrogens (tertiary/aromatic N) is 2. The zero-order valence-corrected chi connectivity index (χ0v) is 14.7. The van der Waals surface area contributed by atoms with Crippen LogP contribution < -0.4 is 4.74 Å². The Kier molecular flexibility index (Phi) is 4.67. The van der Waals surface area contributed by atoms with E-state index in [1.54, 1.807) is 0 Å². The first-order chi connectivity index (χ1) is 9.75. The zero-order valence-electron chi connectivity index (χ0n) is 13.1. The Morgan fingerprint density at radius 2 is 1.67 bits per heavy atom. The normalized spacial score (nSPS) is 11.8. The molecule has 0 aliphatic heterocycles. The van der Waals surface area contributed by atoms with Crippen molar-refractivity contribution >= 4 is 15.9 Å². The minimum atomic E-state index is -0.0841. The molecule has 0 N–H and O–H groups in total. The van der Waals surface area contributed by atoms with Gasteiger partial charge in [-0.1, -0.05) is 20.8 Å². The zero-order chi connectivity index (χ0) is 15.6. The molecule has 2 aromatic rings. The van der Waals surface area contributed by atoms with Crippen molar-refractivity contribution in [2.75, 3.05) is 0 Å². The Labute approximate surface area is 134 Å². The summed E-state index contributed by atoms with van der Waals surface area (Å²) in [6.45, 7) is 10.4. The van der Waals surface area contributed by atoms with E-state index in [0.717, 1.165) is 27.4 Å². The van der Waals surface area contributed by atoms with Gasteiger partial charge in [0.2, 0.25) is 0 Å². The smallest absolute Gasteiger partial charge is 0.135 e. The summed E-state index contributed by atoms with van der Waals surface area (Å²) in [4.78, 5) is 9.15. The molecule has 0 amide bonds. The maximum atomic E-state index is 5.66. The quantitative estimate of drug-likeness (QED) is 0.732. The number of hydrogen-bond acceptors (Lipinski definition) is 3. The van der Waals surface area contributed by atoms with Crippen molar-refractivity contribution in [1.82, 2.24) is 9.97 Å². The number of benzene rings is 1. The average Bonchev–Trinajstić information content (AvgIpc) is 2.37. The molecule has 0 fully saturated rings. The molecule has 0 saturated carbocycles. The monoisotopic (exact) mass is 348 g/mol. The summed E-state index contributed by atoms with van der Waals surface area (Å²) >= 11 is 3.47. The second-order valence-electron chi connectivity index (χ2n) is 6.34. The van der Waals surface area contributed by atoms with Crippen LogP contribution in [0.3, 0.4) is 0 Å². The van der Waals surface area contributed by atoms with Gasteiger partial charge in [0.05, 0.1) is 11.8 Å². The van der Waals surface area contributed by atoms with E-state index in [-0.39, 0.29) is 11.5 Å².